The van der Waals surface area contributed by atoms with Crippen LogP contribution in [0.1, 0.15) is 44.7 Å². The van der Waals surface area contributed by atoms with Gasteiger partial charge in [0, 0.05) is 37.1 Å². The molecule has 0 radical (unpaired) electrons. The molecule has 2 aromatic heterocycles. The Labute approximate surface area is 313 Å². The molecule has 0 bridgehead atoms. The third-order valence-electron chi connectivity index (χ3n) is 8.99. The quantitative estimate of drug-likeness (QED) is 0.0286. The first-order valence-corrected chi connectivity index (χ1v) is 20.4. The van der Waals surface area contributed by atoms with E-state index in [9.17, 15) is 36.6 Å². The summed E-state index contributed by atoms with van der Waals surface area (Å²) in [4.78, 5) is 32.0. The largest absolute Gasteiger partial charge is 0.492 e. The molecule has 4 N–H and O–H groups in total. The number of aromatic nitrogens is 2. The van der Waals surface area contributed by atoms with Crippen molar-refractivity contribution in [2.45, 2.75) is 33.2 Å². The predicted molar refractivity (Wildman–Crippen MR) is 200 cm³/mol. The summed E-state index contributed by atoms with van der Waals surface area (Å²) >= 11 is 0. The normalized spacial score (nSPS) is 12.3. The first-order valence-electron chi connectivity index (χ1n) is 17.1. The number of aryl methyl sites for hydroxylation is 3. The summed E-state index contributed by atoms with van der Waals surface area (Å²) in [5.74, 6) is -2.69. The van der Waals surface area contributed by atoms with Crippen LogP contribution in [0.5, 0.6) is 17.5 Å². The van der Waals surface area contributed by atoms with Gasteiger partial charge in [0.15, 0.2) is 6.54 Å². The summed E-state index contributed by atoms with van der Waals surface area (Å²) in [6, 6.07) is 19.8. The number of hydrogen-bond acceptors (Lipinski definition) is 10. The van der Waals surface area contributed by atoms with Crippen molar-refractivity contribution >= 4 is 53.9 Å². The fourth-order valence-electron chi connectivity index (χ4n) is 6.36. The Kier molecular flexibility index (Phi) is 12.0. The highest BCUT2D eigenvalue weighted by Gasteiger charge is 2.27. The number of nitrogens with zero attached hydrogens (tertiary/aromatic N) is 3. The summed E-state index contributed by atoms with van der Waals surface area (Å²) in [5.41, 5.74) is 2.73. The van der Waals surface area contributed by atoms with E-state index in [1.807, 2.05) is 42.9 Å². The van der Waals surface area contributed by atoms with Gasteiger partial charge in [-0.15, -0.1) is 4.73 Å². The highest BCUT2D eigenvalue weighted by atomic mass is 32.2. The van der Waals surface area contributed by atoms with E-state index in [-0.39, 0.29) is 42.2 Å². The number of benzene rings is 3. The van der Waals surface area contributed by atoms with E-state index in [1.165, 1.54) is 12.1 Å². The van der Waals surface area contributed by atoms with Gasteiger partial charge in [0.25, 0.3) is 10.1 Å². The fraction of sp³-hybridized carbons (Fsp3) is 0.324. The summed E-state index contributed by atoms with van der Waals surface area (Å²) in [6.07, 6.45) is 0.510. The summed E-state index contributed by atoms with van der Waals surface area (Å²) in [5, 5.41) is 20.9. The molecule has 0 saturated carbocycles. The van der Waals surface area contributed by atoms with Crippen molar-refractivity contribution in [3.05, 3.63) is 95.1 Å². The highest BCUT2D eigenvalue weighted by Crippen LogP contribution is 2.30. The van der Waals surface area contributed by atoms with E-state index in [0.29, 0.717) is 67.3 Å². The van der Waals surface area contributed by atoms with Crippen LogP contribution in [-0.4, -0.2) is 98.0 Å². The van der Waals surface area contributed by atoms with Crippen LogP contribution in [0.25, 0.3) is 21.8 Å². The molecule has 0 atom stereocenters. The maximum absolute atomic E-state index is 14.1. The van der Waals surface area contributed by atoms with E-state index in [1.54, 1.807) is 38.1 Å². The Balaban J connectivity index is 1.33. The lowest BCUT2D eigenvalue weighted by Crippen LogP contribution is -2.46. The standard InChI is InChI=1S/C37H42N4O11S2/c1-25-23-27(36(44)52-40-32(42)15-16-33(40)43)24-26(2)35(25)51-37(45)34-28-11-5-7-13-30(28)39(31-14-8-6-12-29(31)34)18-9-21-53(46,47)38-17-20-41(3,4)19-10-22-54(48,49)50/h5-8,11-16,23-24,38H,9-10,17-22H2,1-4H3,(H-,45,48,49,50)/p+2. The molecule has 3 aromatic carbocycles. The molecule has 2 heterocycles. The second-order valence-electron chi connectivity index (χ2n) is 13.7. The van der Waals surface area contributed by atoms with E-state index < -0.39 is 43.8 Å². The van der Waals surface area contributed by atoms with E-state index >= 15 is 0 Å². The fourth-order valence-corrected chi connectivity index (χ4v) is 7.91. The zero-order chi connectivity index (χ0) is 39.4. The average Bonchev–Trinajstić information content (AvgIpc) is 3.40. The Morgan fingerprint density at radius 3 is 1.91 bits per heavy atom. The number of fused-ring (bicyclic) bond motifs is 2. The van der Waals surface area contributed by atoms with Crippen molar-refractivity contribution in [2.75, 3.05) is 45.2 Å². The van der Waals surface area contributed by atoms with Gasteiger partial charge in [0.1, 0.15) is 5.75 Å². The molecule has 0 aliphatic carbocycles. The monoisotopic (exact) mass is 784 g/mol. The topological polar surface area (TPSA) is 202 Å². The number of para-hydroxylation sites is 2. The van der Waals surface area contributed by atoms with Crippen LogP contribution in [0.4, 0.5) is 0 Å². The van der Waals surface area contributed by atoms with Crippen LogP contribution in [0.3, 0.4) is 0 Å². The van der Waals surface area contributed by atoms with Gasteiger partial charge in [-0.1, -0.05) is 24.3 Å². The molecule has 0 amide bonds. The number of esters is 1. The number of ether oxygens (including phenoxy) is 1. The lowest BCUT2D eigenvalue weighted by molar-refractivity contribution is -0.889. The predicted octanol–water partition coefficient (Wildman–Crippen LogP) is 3.26. The van der Waals surface area contributed by atoms with Crippen LogP contribution in [0.15, 0.2) is 72.8 Å². The molecule has 0 unspecified atom stereocenters. The number of hydrogen-bond donors (Lipinski definition) is 4. The number of carbonyl (C=O) groups excluding carboxylic acids is 2. The van der Waals surface area contributed by atoms with Crippen LogP contribution in [0, 0.1) is 13.8 Å². The Morgan fingerprint density at radius 2 is 1.35 bits per heavy atom. The summed E-state index contributed by atoms with van der Waals surface area (Å²) < 4.78 is 68.5. The number of nitrogens with one attached hydrogen (secondary N) is 1. The zero-order valence-electron chi connectivity index (χ0n) is 30.4. The van der Waals surface area contributed by atoms with Crippen molar-refractivity contribution in [2.24, 2.45) is 0 Å². The first kappa shape index (κ1) is 40.1. The number of sulfonamides is 1. The first-order chi connectivity index (χ1) is 25.4. The molecule has 0 aliphatic rings. The summed E-state index contributed by atoms with van der Waals surface area (Å²) in [6.45, 7) is 4.69. The highest BCUT2D eigenvalue weighted by molar-refractivity contribution is 7.89. The van der Waals surface area contributed by atoms with Crippen molar-refractivity contribution in [1.29, 1.82) is 0 Å². The summed E-state index contributed by atoms with van der Waals surface area (Å²) in [7, 11) is -4.00. The Bertz CT molecular complexity index is 2340. The lowest BCUT2D eigenvalue weighted by Gasteiger charge is -2.29. The second-order valence-corrected chi connectivity index (χ2v) is 17.2. The number of pyridine rings is 1. The third-order valence-corrected chi connectivity index (χ3v) is 11.3. The van der Waals surface area contributed by atoms with E-state index in [0.717, 1.165) is 12.1 Å². The number of quaternary nitrogens is 1. The minimum atomic E-state index is -4.06. The van der Waals surface area contributed by atoms with Crippen molar-refractivity contribution in [3.8, 4) is 17.5 Å². The number of carbonyl (C=O) groups is 2. The van der Waals surface area contributed by atoms with Gasteiger partial charge in [-0.2, -0.15) is 13.0 Å². The van der Waals surface area contributed by atoms with Gasteiger partial charge in [-0.3, -0.25) is 4.55 Å². The van der Waals surface area contributed by atoms with Crippen LogP contribution < -0.4 is 18.9 Å². The molecule has 288 valence electrons. The molecule has 15 nitrogen and oxygen atoms in total. The van der Waals surface area contributed by atoms with Crippen LogP contribution in [0.2, 0.25) is 0 Å². The van der Waals surface area contributed by atoms with E-state index in [2.05, 4.69) is 4.72 Å². The van der Waals surface area contributed by atoms with Crippen molar-refractivity contribution in [1.82, 2.24) is 9.45 Å². The number of likely N-dealkylation sites (N-methyl/N-ethyl adjacent to an activating group) is 1. The average molecular weight is 785 g/mol. The SMILES string of the molecule is Cc1cc(C(=O)On2c(O)ccc2O)cc(C)c1OC(=O)c1c2ccccc2[n+](CCCS(=O)(=O)NCC[N+](C)(C)CCCS(=O)(=O)O)c2ccccc12. The van der Waals surface area contributed by atoms with Gasteiger partial charge < -0.3 is 24.3 Å². The number of rotatable bonds is 16. The van der Waals surface area contributed by atoms with Crippen LogP contribution >= 0.6 is 0 Å². The minimum absolute atomic E-state index is 0.0999. The zero-order valence-corrected chi connectivity index (χ0v) is 32.0. The molecule has 17 heteroatoms. The Hall–Kier alpha value is -5.07. The van der Waals surface area contributed by atoms with Gasteiger partial charge in [-0.25, -0.2) is 22.7 Å². The lowest BCUT2D eigenvalue weighted by atomic mass is 10.0. The van der Waals surface area contributed by atoms with E-state index in [4.69, 9.17) is 14.1 Å². The molecular weight excluding hydrogens is 741 g/mol. The molecule has 0 spiro atoms. The van der Waals surface area contributed by atoms with Gasteiger partial charge >= 0.3 is 11.9 Å². The van der Waals surface area contributed by atoms with Gasteiger partial charge in [0.2, 0.25) is 32.8 Å². The molecule has 5 rings (SSSR count). The number of aromatic hydroxyl groups is 2. The molecule has 0 aliphatic heterocycles. The molecule has 54 heavy (non-hydrogen) atoms. The Morgan fingerprint density at radius 1 is 0.796 bits per heavy atom. The van der Waals surface area contributed by atoms with Gasteiger partial charge in [0.05, 0.1) is 67.1 Å². The minimum Gasteiger partial charge on any atom is -0.492 e. The van der Waals surface area contributed by atoms with Crippen molar-refractivity contribution < 1.29 is 59.8 Å². The third kappa shape index (κ3) is 9.72. The maximum Gasteiger partial charge on any atom is 0.363 e. The van der Waals surface area contributed by atoms with Crippen LogP contribution in [-0.2, 0) is 26.7 Å². The second kappa shape index (κ2) is 16.1. The van der Waals surface area contributed by atoms with Crippen molar-refractivity contribution in [3.63, 3.8) is 0 Å². The molecular formula is C37H44N4O11S2+2. The molecule has 0 saturated heterocycles. The smallest absolute Gasteiger partial charge is 0.363 e. The van der Waals surface area contributed by atoms with Gasteiger partial charge in [-0.05, 0) is 49.2 Å². The molecule has 0 fully saturated rings. The molecule has 5 aromatic rings. The maximum atomic E-state index is 14.1.